The molecule has 0 bridgehead atoms. The Kier molecular flexibility index (Phi) is 4.25. The molecular formula is C14H20ClN. The van der Waals surface area contributed by atoms with E-state index in [1.807, 2.05) is 0 Å². The lowest BCUT2D eigenvalue weighted by Crippen LogP contribution is -2.28. The molecule has 1 N–H and O–H groups in total. The highest BCUT2D eigenvalue weighted by molar-refractivity contribution is 6.30. The van der Waals surface area contributed by atoms with Crippen molar-refractivity contribution < 1.29 is 0 Å². The first-order valence-corrected chi connectivity index (χ1v) is 6.65. The van der Waals surface area contributed by atoms with Crippen molar-refractivity contribution in [2.24, 2.45) is 5.92 Å². The molecule has 1 aromatic rings. The van der Waals surface area contributed by atoms with Gasteiger partial charge in [-0.1, -0.05) is 24.6 Å². The van der Waals surface area contributed by atoms with Gasteiger partial charge in [-0.3, -0.25) is 0 Å². The van der Waals surface area contributed by atoms with E-state index in [0.717, 1.165) is 17.4 Å². The van der Waals surface area contributed by atoms with Crippen LogP contribution in [0, 0.1) is 5.92 Å². The highest BCUT2D eigenvalue weighted by Crippen LogP contribution is 2.22. The largest absolute Gasteiger partial charge is 0.317 e. The van der Waals surface area contributed by atoms with Gasteiger partial charge in [0.05, 0.1) is 0 Å². The van der Waals surface area contributed by atoms with Gasteiger partial charge in [-0.15, -0.1) is 0 Å². The molecule has 0 amide bonds. The number of hydrogen-bond acceptors (Lipinski definition) is 1. The minimum atomic E-state index is 0.837. The zero-order chi connectivity index (χ0) is 11.4. The number of nitrogens with one attached hydrogen (secondary N) is 1. The fourth-order valence-corrected chi connectivity index (χ4v) is 2.74. The van der Waals surface area contributed by atoms with Crippen LogP contribution in [0.1, 0.15) is 30.9 Å². The van der Waals surface area contributed by atoms with Crippen molar-refractivity contribution in [3.63, 3.8) is 0 Å². The molecule has 0 saturated carbocycles. The monoisotopic (exact) mass is 237 g/mol. The molecule has 1 fully saturated rings. The lowest BCUT2D eigenvalue weighted by atomic mass is 9.90. The summed E-state index contributed by atoms with van der Waals surface area (Å²) in [5.41, 5.74) is 2.77. The van der Waals surface area contributed by atoms with E-state index >= 15 is 0 Å². The smallest absolute Gasteiger partial charge is 0.0411 e. The van der Waals surface area contributed by atoms with Crippen LogP contribution >= 0.6 is 11.6 Å². The van der Waals surface area contributed by atoms with E-state index < -0.39 is 0 Å². The van der Waals surface area contributed by atoms with Gasteiger partial charge >= 0.3 is 0 Å². The van der Waals surface area contributed by atoms with Crippen LogP contribution in [-0.2, 0) is 12.8 Å². The normalized spacial score (nSPS) is 17.6. The molecule has 2 heteroatoms. The Labute approximate surface area is 103 Å². The fraction of sp³-hybridized carbons (Fsp3) is 0.571. The molecule has 88 valence electrons. The molecule has 0 atom stereocenters. The molecule has 1 saturated heterocycles. The SMILES string of the molecule is CCc1cc(Cl)cc(CC2CCNCC2)c1. The van der Waals surface area contributed by atoms with E-state index in [0.29, 0.717) is 0 Å². The van der Waals surface area contributed by atoms with Gasteiger partial charge in [0.25, 0.3) is 0 Å². The summed E-state index contributed by atoms with van der Waals surface area (Å²) in [5, 5.41) is 4.30. The average molecular weight is 238 g/mol. The third kappa shape index (κ3) is 3.23. The highest BCUT2D eigenvalue weighted by atomic mass is 35.5. The first kappa shape index (κ1) is 11.9. The van der Waals surface area contributed by atoms with Crippen molar-refractivity contribution >= 4 is 11.6 Å². The van der Waals surface area contributed by atoms with Crippen molar-refractivity contribution in [3.8, 4) is 0 Å². The van der Waals surface area contributed by atoms with Crippen LogP contribution in [0.4, 0.5) is 0 Å². The summed E-state index contributed by atoms with van der Waals surface area (Å²) in [4.78, 5) is 0. The number of benzene rings is 1. The number of aryl methyl sites for hydroxylation is 1. The van der Waals surface area contributed by atoms with Gasteiger partial charge < -0.3 is 5.32 Å². The molecule has 0 radical (unpaired) electrons. The van der Waals surface area contributed by atoms with E-state index in [1.54, 1.807) is 0 Å². The molecule has 0 aliphatic carbocycles. The lowest BCUT2D eigenvalue weighted by molar-refractivity contribution is 0.372. The van der Waals surface area contributed by atoms with Crippen molar-refractivity contribution in [1.82, 2.24) is 5.32 Å². The molecule has 1 aliphatic heterocycles. The third-order valence-corrected chi connectivity index (χ3v) is 3.63. The molecule has 0 spiro atoms. The van der Waals surface area contributed by atoms with Crippen LogP contribution in [0.2, 0.25) is 5.02 Å². The van der Waals surface area contributed by atoms with Crippen molar-refractivity contribution in [2.45, 2.75) is 32.6 Å². The summed E-state index contributed by atoms with van der Waals surface area (Å²) in [6, 6.07) is 6.52. The third-order valence-electron chi connectivity index (χ3n) is 3.41. The molecular weight excluding hydrogens is 218 g/mol. The van der Waals surface area contributed by atoms with Crippen LogP contribution in [0.3, 0.4) is 0 Å². The molecule has 1 aromatic carbocycles. The molecule has 0 unspecified atom stereocenters. The molecule has 16 heavy (non-hydrogen) atoms. The quantitative estimate of drug-likeness (QED) is 0.849. The maximum atomic E-state index is 6.13. The summed E-state index contributed by atoms with van der Waals surface area (Å²) >= 11 is 6.13. The maximum absolute atomic E-state index is 6.13. The van der Waals surface area contributed by atoms with E-state index in [-0.39, 0.29) is 0 Å². The highest BCUT2D eigenvalue weighted by Gasteiger charge is 2.13. The minimum absolute atomic E-state index is 0.837. The van der Waals surface area contributed by atoms with Crippen LogP contribution in [0.15, 0.2) is 18.2 Å². The summed E-state index contributed by atoms with van der Waals surface area (Å²) in [6.07, 6.45) is 4.86. The molecule has 1 aliphatic rings. The minimum Gasteiger partial charge on any atom is -0.317 e. The average Bonchev–Trinajstić information content (AvgIpc) is 2.29. The summed E-state index contributed by atoms with van der Waals surface area (Å²) in [6.45, 7) is 4.53. The maximum Gasteiger partial charge on any atom is 0.0411 e. The molecule has 1 heterocycles. The van der Waals surface area contributed by atoms with E-state index in [2.05, 4.69) is 30.4 Å². The first-order chi connectivity index (χ1) is 7.78. The van der Waals surface area contributed by atoms with Crippen LogP contribution in [0.5, 0.6) is 0 Å². The van der Waals surface area contributed by atoms with E-state index in [9.17, 15) is 0 Å². The summed E-state index contributed by atoms with van der Waals surface area (Å²) in [5.74, 6) is 0.837. The van der Waals surface area contributed by atoms with Crippen molar-refractivity contribution in [1.29, 1.82) is 0 Å². The first-order valence-electron chi connectivity index (χ1n) is 6.27. The van der Waals surface area contributed by atoms with Gasteiger partial charge in [0.1, 0.15) is 0 Å². The standard InChI is InChI=1S/C14H20ClN/c1-2-11-7-13(10-14(15)9-11)8-12-3-5-16-6-4-12/h7,9-10,12,16H,2-6,8H2,1H3. The van der Waals surface area contributed by atoms with Crippen LogP contribution in [0.25, 0.3) is 0 Å². The summed E-state index contributed by atoms with van der Waals surface area (Å²) in [7, 11) is 0. The van der Waals surface area contributed by atoms with Gasteiger partial charge in [-0.05, 0) is 68.0 Å². The zero-order valence-electron chi connectivity index (χ0n) is 9.93. The van der Waals surface area contributed by atoms with Crippen LogP contribution in [-0.4, -0.2) is 13.1 Å². The molecule has 2 rings (SSSR count). The van der Waals surface area contributed by atoms with Crippen LogP contribution < -0.4 is 5.32 Å². The van der Waals surface area contributed by atoms with Crippen molar-refractivity contribution in [3.05, 3.63) is 34.3 Å². The Morgan fingerprint density at radius 2 is 1.88 bits per heavy atom. The fourth-order valence-electron chi connectivity index (χ4n) is 2.46. The van der Waals surface area contributed by atoms with Gasteiger partial charge in [-0.25, -0.2) is 0 Å². The Bertz CT molecular complexity index is 343. The number of hydrogen-bond donors (Lipinski definition) is 1. The van der Waals surface area contributed by atoms with Gasteiger partial charge in [0, 0.05) is 5.02 Å². The van der Waals surface area contributed by atoms with Gasteiger partial charge in [0.2, 0.25) is 0 Å². The predicted octanol–water partition coefficient (Wildman–Crippen LogP) is 3.44. The topological polar surface area (TPSA) is 12.0 Å². The Hall–Kier alpha value is -0.530. The van der Waals surface area contributed by atoms with E-state index in [4.69, 9.17) is 11.6 Å². The van der Waals surface area contributed by atoms with Gasteiger partial charge in [0.15, 0.2) is 0 Å². The molecule has 0 aromatic heterocycles. The molecule has 1 nitrogen and oxygen atoms in total. The number of halogens is 1. The second kappa shape index (κ2) is 5.70. The second-order valence-electron chi connectivity index (χ2n) is 4.72. The number of piperidine rings is 1. The Balaban J connectivity index is 2.04. The van der Waals surface area contributed by atoms with Gasteiger partial charge in [-0.2, -0.15) is 0 Å². The van der Waals surface area contributed by atoms with E-state index in [1.165, 1.54) is 43.5 Å². The van der Waals surface area contributed by atoms with Crippen molar-refractivity contribution in [2.75, 3.05) is 13.1 Å². The second-order valence-corrected chi connectivity index (χ2v) is 5.16. The lowest BCUT2D eigenvalue weighted by Gasteiger charge is -2.22. The number of rotatable bonds is 3. The Morgan fingerprint density at radius 1 is 1.19 bits per heavy atom. The summed E-state index contributed by atoms with van der Waals surface area (Å²) < 4.78 is 0. The predicted molar refractivity (Wildman–Crippen MR) is 70.1 cm³/mol. The Morgan fingerprint density at radius 3 is 2.56 bits per heavy atom. The zero-order valence-corrected chi connectivity index (χ0v) is 10.7.